The topological polar surface area (TPSA) is 80.3 Å². The third kappa shape index (κ3) is 4.40. The van der Waals surface area contributed by atoms with Gasteiger partial charge in [0.25, 0.3) is 11.8 Å². The Balaban J connectivity index is 1.71. The minimum absolute atomic E-state index is 0.187. The van der Waals surface area contributed by atoms with Gasteiger partial charge in [0.05, 0.1) is 5.02 Å². The van der Waals surface area contributed by atoms with Crippen LogP contribution in [0.2, 0.25) is 5.02 Å². The Morgan fingerprint density at radius 3 is 2.79 bits per heavy atom. The molecule has 0 unspecified atom stereocenters. The maximum absolute atomic E-state index is 12.4. The van der Waals surface area contributed by atoms with Crippen LogP contribution >= 0.6 is 11.6 Å². The van der Waals surface area contributed by atoms with Crippen LogP contribution in [-0.4, -0.2) is 29.9 Å². The summed E-state index contributed by atoms with van der Waals surface area (Å²) in [6, 6.07) is 12.2. The summed E-state index contributed by atoms with van der Waals surface area (Å²) in [5.41, 5.74) is 2.49. The van der Waals surface area contributed by atoms with Gasteiger partial charge in [-0.15, -0.1) is 0 Å². The van der Waals surface area contributed by atoms with Crippen LogP contribution in [0.5, 0.6) is 5.75 Å². The monoisotopic (exact) mass is 397 g/mol. The molecule has 144 valence electrons. The highest BCUT2D eigenvalue weighted by Crippen LogP contribution is 2.29. The molecule has 3 rings (SSSR count). The van der Waals surface area contributed by atoms with Gasteiger partial charge < -0.3 is 15.4 Å². The maximum atomic E-state index is 12.4. The van der Waals surface area contributed by atoms with Gasteiger partial charge in [0, 0.05) is 29.4 Å². The fourth-order valence-corrected chi connectivity index (χ4v) is 2.93. The summed E-state index contributed by atoms with van der Waals surface area (Å²) in [5, 5.41) is 6.85. The van der Waals surface area contributed by atoms with Crippen molar-refractivity contribution in [1.82, 2.24) is 10.3 Å². The summed E-state index contributed by atoms with van der Waals surface area (Å²) in [7, 11) is 0. The van der Waals surface area contributed by atoms with E-state index in [9.17, 15) is 9.59 Å². The van der Waals surface area contributed by atoms with E-state index in [0.717, 1.165) is 10.9 Å². The number of ether oxygens (including phenoxy) is 1. The van der Waals surface area contributed by atoms with Crippen molar-refractivity contribution in [3.05, 3.63) is 64.8 Å². The quantitative estimate of drug-likeness (QED) is 0.659. The first-order valence-corrected chi connectivity index (χ1v) is 9.22. The van der Waals surface area contributed by atoms with Gasteiger partial charge in [0.1, 0.15) is 11.3 Å². The van der Waals surface area contributed by atoms with Gasteiger partial charge in [-0.3, -0.25) is 14.6 Å². The molecule has 3 aromatic rings. The molecule has 0 spiro atoms. The number of carbonyl (C=O) groups is 2. The zero-order chi connectivity index (χ0) is 20.1. The van der Waals surface area contributed by atoms with Crippen molar-refractivity contribution in [2.24, 2.45) is 0 Å². The number of amides is 2. The van der Waals surface area contributed by atoms with E-state index in [1.54, 1.807) is 42.6 Å². The van der Waals surface area contributed by atoms with Gasteiger partial charge in [0.2, 0.25) is 0 Å². The SMILES string of the molecule is CCNC(=O)c1ccc(C)c(NC(=O)COc2ccc(Cl)c3cccnc23)c1. The van der Waals surface area contributed by atoms with Crippen molar-refractivity contribution in [3.8, 4) is 5.75 Å². The lowest BCUT2D eigenvalue weighted by atomic mass is 10.1. The number of nitrogens with one attached hydrogen (secondary N) is 2. The lowest BCUT2D eigenvalue weighted by Crippen LogP contribution is -2.24. The number of benzene rings is 2. The van der Waals surface area contributed by atoms with Gasteiger partial charge in [-0.25, -0.2) is 0 Å². The number of anilines is 1. The highest BCUT2D eigenvalue weighted by molar-refractivity contribution is 6.35. The summed E-state index contributed by atoms with van der Waals surface area (Å²) in [6.45, 7) is 4.04. The number of rotatable bonds is 6. The van der Waals surface area contributed by atoms with Crippen LogP contribution in [0.15, 0.2) is 48.7 Å². The smallest absolute Gasteiger partial charge is 0.262 e. The van der Waals surface area contributed by atoms with E-state index in [0.29, 0.717) is 34.1 Å². The molecular weight excluding hydrogens is 378 g/mol. The van der Waals surface area contributed by atoms with E-state index < -0.39 is 0 Å². The molecule has 0 atom stereocenters. The van der Waals surface area contributed by atoms with Crippen LogP contribution < -0.4 is 15.4 Å². The number of hydrogen-bond donors (Lipinski definition) is 2. The molecule has 0 aliphatic heterocycles. The van der Waals surface area contributed by atoms with Crippen molar-refractivity contribution < 1.29 is 14.3 Å². The number of fused-ring (bicyclic) bond motifs is 1. The number of hydrogen-bond acceptors (Lipinski definition) is 4. The summed E-state index contributed by atoms with van der Waals surface area (Å²) in [4.78, 5) is 28.6. The van der Waals surface area contributed by atoms with Crippen LogP contribution in [-0.2, 0) is 4.79 Å². The number of halogens is 1. The van der Waals surface area contributed by atoms with Gasteiger partial charge in [-0.1, -0.05) is 17.7 Å². The van der Waals surface area contributed by atoms with Crippen molar-refractivity contribution in [2.75, 3.05) is 18.5 Å². The van der Waals surface area contributed by atoms with E-state index in [2.05, 4.69) is 15.6 Å². The molecule has 2 amide bonds. The van der Waals surface area contributed by atoms with E-state index >= 15 is 0 Å². The second kappa shape index (κ2) is 8.71. The Morgan fingerprint density at radius 2 is 2.00 bits per heavy atom. The second-order valence-corrected chi connectivity index (χ2v) is 6.58. The first-order chi connectivity index (χ1) is 13.5. The first-order valence-electron chi connectivity index (χ1n) is 8.84. The number of aryl methyl sites for hydroxylation is 1. The normalized spacial score (nSPS) is 10.5. The fourth-order valence-electron chi connectivity index (χ4n) is 2.72. The molecule has 2 N–H and O–H groups in total. The van der Waals surface area contributed by atoms with Gasteiger partial charge in [-0.2, -0.15) is 0 Å². The van der Waals surface area contributed by atoms with Gasteiger partial charge in [0.15, 0.2) is 6.61 Å². The fraction of sp³-hybridized carbons (Fsp3) is 0.190. The Morgan fingerprint density at radius 1 is 1.18 bits per heavy atom. The lowest BCUT2D eigenvalue weighted by molar-refractivity contribution is -0.118. The van der Waals surface area contributed by atoms with Gasteiger partial charge >= 0.3 is 0 Å². The Bertz CT molecular complexity index is 1040. The molecule has 6 nitrogen and oxygen atoms in total. The Hall–Kier alpha value is -3.12. The molecule has 0 bridgehead atoms. The molecule has 28 heavy (non-hydrogen) atoms. The number of aromatic nitrogens is 1. The van der Waals surface area contributed by atoms with Crippen LogP contribution in [0.1, 0.15) is 22.8 Å². The summed E-state index contributed by atoms with van der Waals surface area (Å²) < 4.78 is 5.65. The zero-order valence-corrected chi connectivity index (χ0v) is 16.3. The Kier molecular flexibility index (Phi) is 6.11. The van der Waals surface area contributed by atoms with Crippen molar-refractivity contribution in [3.63, 3.8) is 0 Å². The minimum Gasteiger partial charge on any atom is -0.481 e. The third-order valence-corrected chi connectivity index (χ3v) is 4.48. The third-order valence-electron chi connectivity index (χ3n) is 4.15. The minimum atomic E-state index is -0.338. The van der Waals surface area contributed by atoms with Crippen molar-refractivity contribution in [2.45, 2.75) is 13.8 Å². The summed E-state index contributed by atoms with van der Waals surface area (Å²) in [6.07, 6.45) is 1.64. The summed E-state index contributed by atoms with van der Waals surface area (Å²) in [5.74, 6) is -0.0499. The molecule has 1 heterocycles. The van der Waals surface area contributed by atoms with Crippen LogP contribution in [0.4, 0.5) is 5.69 Å². The van der Waals surface area contributed by atoms with Gasteiger partial charge in [-0.05, 0) is 55.8 Å². The van der Waals surface area contributed by atoms with E-state index in [-0.39, 0.29) is 18.4 Å². The van der Waals surface area contributed by atoms with Crippen LogP contribution in [0.25, 0.3) is 10.9 Å². The number of nitrogens with zero attached hydrogens (tertiary/aromatic N) is 1. The highest BCUT2D eigenvalue weighted by atomic mass is 35.5. The predicted octanol–water partition coefficient (Wildman–Crippen LogP) is 3.96. The number of pyridine rings is 1. The van der Waals surface area contributed by atoms with Crippen LogP contribution in [0.3, 0.4) is 0 Å². The zero-order valence-electron chi connectivity index (χ0n) is 15.6. The maximum Gasteiger partial charge on any atom is 0.262 e. The molecule has 0 saturated carbocycles. The number of carbonyl (C=O) groups excluding carboxylic acids is 2. The predicted molar refractivity (Wildman–Crippen MR) is 110 cm³/mol. The molecule has 0 radical (unpaired) electrons. The van der Waals surface area contributed by atoms with E-state index in [4.69, 9.17) is 16.3 Å². The molecule has 0 saturated heterocycles. The molecule has 7 heteroatoms. The molecule has 0 fully saturated rings. The van der Waals surface area contributed by atoms with Crippen LogP contribution in [0, 0.1) is 6.92 Å². The average Bonchev–Trinajstić information content (AvgIpc) is 2.69. The summed E-state index contributed by atoms with van der Waals surface area (Å²) >= 11 is 6.17. The molecule has 0 aliphatic carbocycles. The van der Waals surface area contributed by atoms with Crippen molar-refractivity contribution in [1.29, 1.82) is 0 Å². The molecular formula is C21H20ClN3O3. The average molecular weight is 398 g/mol. The second-order valence-electron chi connectivity index (χ2n) is 6.17. The molecule has 2 aromatic carbocycles. The largest absolute Gasteiger partial charge is 0.481 e. The molecule has 1 aromatic heterocycles. The Labute approximate surface area is 167 Å². The molecule has 0 aliphatic rings. The standard InChI is InChI=1S/C21H20ClN3O3/c1-3-23-21(27)14-7-6-13(2)17(11-14)25-19(26)12-28-18-9-8-16(22)15-5-4-10-24-20(15)18/h4-11H,3,12H2,1-2H3,(H,23,27)(H,25,26). The van der Waals surface area contributed by atoms with E-state index in [1.165, 1.54) is 0 Å². The van der Waals surface area contributed by atoms with Crippen molar-refractivity contribution >= 4 is 40.0 Å². The lowest BCUT2D eigenvalue weighted by Gasteiger charge is -2.12. The highest BCUT2D eigenvalue weighted by Gasteiger charge is 2.12. The van der Waals surface area contributed by atoms with E-state index in [1.807, 2.05) is 19.9 Å². The first kappa shape index (κ1) is 19.6.